The van der Waals surface area contributed by atoms with Crippen LogP contribution in [-0.2, 0) is 11.8 Å². The van der Waals surface area contributed by atoms with Crippen molar-refractivity contribution in [2.75, 3.05) is 13.1 Å². The fraction of sp³-hybridized carbons (Fsp3) is 0.476. The number of carbonyl (C=O) groups excluding carboxylic acids is 2. The van der Waals surface area contributed by atoms with Gasteiger partial charge in [0.25, 0.3) is 5.91 Å². The van der Waals surface area contributed by atoms with Crippen molar-refractivity contribution >= 4 is 12.0 Å². The largest absolute Gasteiger partial charge is 0.486 e. The van der Waals surface area contributed by atoms with Crippen LogP contribution in [0.25, 0.3) is 11.3 Å². The van der Waals surface area contributed by atoms with Crippen molar-refractivity contribution in [2.45, 2.75) is 45.1 Å². The number of halogens is 1. The predicted octanol–water partition coefficient (Wildman–Crippen LogP) is 2.91. The molecule has 162 valence electrons. The van der Waals surface area contributed by atoms with Gasteiger partial charge in [-0.05, 0) is 39.0 Å². The lowest BCUT2D eigenvalue weighted by molar-refractivity contribution is -0.0106. The van der Waals surface area contributed by atoms with Gasteiger partial charge in [-0.2, -0.15) is 0 Å². The van der Waals surface area contributed by atoms with Gasteiger partial charge in [0.15, 0.2) is 6.17 Å². The SMILES string of the molecule is Cn1cnc(-c2ccc(O[C@H]3CCN(C(=O)OC(C)(C)C)C[C@@H]3F)c(C(N)=O)c2)c1. The Kier molecular flexibility index (Phi) is 6.00. The van der Waals surface area contributed by atoms with Crippen molar-refractivity contribution in [1.82, 2.24) is 14.5 Å². The van der Waals surface area contributed by atoms with E-state index in [0.29, 0.717) is 11.3 Å². The molecule has 2 atom stereocenters. The molecular formula is C21H27FN4O4. The number of ether oxygens (including phenoxy) is 2. The molecule has 1 aliphatic rings. The molecule has 1 fully saturated rings. The molecule has 30 heavy (non-hydrogen) atoms. The van der Waals surface area contributed by atoms with Gasteiger partial charge in [0, 0.05) is 31.8 Å². The van der Waals surface area contributed by atoms with Gasteiger partial charge in [-0.1, -0.05) is 0 Å². The number of carbonyl (C=O) groups is 2. The number of nitrogens with two attached hydrogens (primary N) is 1. The molecule has 1 aliphatic heterocycles. The van der Waals surface area contributed by atoms with Gasteiger partial charge >= 0.3 is 6.09 Å². The summed E-state index contributed by atoms with van der Waals surface area (Å²) in [6.45, 7) is 5.42. The summed E-state index contributed by atoms with van der Waals surface area (Å²) in [4.78, 5) is 29.7. The average molecular weight is 418 g/mol. The molecule has 2 N–H and O–H groups in total. The number of imidazole rings is 1. The van der Waals surface area contributed by atoms with Crippen molar-refractivity contribution in [3.05, 3.63) is 36.3 Å². The van der Waals surface area contributed by atoms with Crippen molar-refractivity contribution in [1.29, 1.82) is 0 Å². The summed E-state index contributed by atoms with van der Waals surface area (Å²) in [6.07, 6.45) is 0.937. The fourth-order valence-electron chi connectivity index (χ4n) is 3.22. The second-order valence-electron chi connectivity index (χ2n) is 8.39. The van der Waals surface area contributed by atoms with Crippen LogP contribution in [0.5, 0.6) is 5.75 Å². The molecule has 2 amide bonds. The van der Waals surface area contributed by atoms with Crippen molar-refractivity contribution in [3.8, 4) is 17.0 Å². The van der Waals surface area contributed by atoms with Gasteiger partial charge in [-0.3, -0.25) is 4.79 Å². The summed E-state index contributed by atoms with van der Waals surface area (Å²) in [5.41, 5.74) is 6.40. The number of hydrogen-bond acceptors (Lipinski definition) is 5. The molecule has 2 aromatic rings. The van der Waals surface area contributed by atoms with Crippen LogP contribution in [0.3, 0.4) is 0 Å². The Hall–Kier alpha value is -3.10. The van der Waals surface area contributed by atoms with Crippen molar-refractivity contribution in [3.63, 3.8) is 0 Å². The van der Waals surface area contributed by atoms with E-state index in [9.17, 15) is 14.0 Å². The van der Waals surface area contributed by atoms with Crippen LogP contribution in [0.4, 0.5) is 9.18 Å². The molecular weight excluding hydrogens is 391 g/mol. The number of primary amides is 1. The zero-order chi connectivity index (χ0) is 22.1. The molecule has 2 heterocycles. The summed E-state index contributed by atoms with van der Waals surface area (Å²) < 4.78 is 27.6. The minimum Gasteiger partial charge on any atom is -0.486 e. The second-order valence-corrected chi connectivity index (χ2v) is 8.39. The molecule has 8 nitrogen and oxygen atoms in total. The van der Waals surface area contributed by atoms with Gasteiger partial charge in [-0.15, -0.1) is 0 Å². The Morgan fingerprint density at radius 3 is 2.60 bits per heavy atom. The van der Waals surface area contributed by atoms with Crippen LogP contribution < -0.4 is 10.5 Å². The maximum absolute atomic E-state index is 14.8. The summed E-state index contributed by atoms with van der Waals surface area (Å²) in [5, 5.41) is 0. The molecule has 0 unspecified atom stereocenters. The number of aryl methyl sites for hydroxylation is 1. The quantitative estimate of drug-likeness (QED) is 0.823. The highest BCUT2D eigenvalue weighted by atomic mass is 19.1. The lowest BCUT2D eigenvalue weighted by atomic mass is 10.0. The van der Waals surface area contributed by atoms with Crippen LogP contribution in [0.2, 0.25) is 0 Å². The summed E-state index contributed by atoms with van der Waals surface area (Å²) in [5.74, 6) is -0.468. The summed E-state index contributed by atoms with van der Waals surface area (Å²) in [6, 6.07) is 4.92. The van der Waals surface area contributed by atoms with E-state index in [-0.39, 0.29) is 30.8 Å². The van der Waals surface area contributed by atoms with Crippen LogP contribution in [0.1, 0.15) is 37.6 Å². The predicted molar refractivity (Wildman–Crippen MR) is 109 cm³/mol. The lowest BCUT2D eigenvalue weighted by Gasteiger charge is -2.35. The third kappa shape index (κ3) is 5.08. The first kappa shape index (κ1) is 21.6. The molecule has 9 heteroatoms. The van der Waals surface area contributed by atoms with Gasteiger partial charge in [-0.25, -0.2) is 14.2 Å². The lowest BCUT2D eigenvalue weighted by Crippen LogP contribution is -2.50. The fourth-order valence-corrected chi connectivity index (χ4v) is 3.22. The van der Waals surface area contributed by atoms with E-state index in [2.05, 4.69) is 4.98 Å². The van der Waals surface area contributed by atoms with Gasteiger partial charge in [0.2, 0.25) is 0 Å². The number of piperidine rings is 1. The van der Waals surface area contributed by atoms with E-state index in [0.717, 1.165) is 0 Å². The van der Waals surface area contributed by atoms with Gasteiger partial charge < -0.3 is 24.7 Å². The van der Waals surface area contributed by atoms with E-state index in [4.69, 9.17) is 15.2 Å². The highest BCUT2D eigenvalue weighted by Crippen LogP contribution is 2.29. The summed E-state index contributed by atoms with van der Waals surface area (Å²) >= 11 is 0. The van der Waals surface area contributed by atoms with Crippen LogP contribution in [-0.4, -0.2) is 57.4 Å². The van der Waals surface area contributed by atoms with Crippen LogP contribution >= 0.6 is 0 Å². The molecule has 1 saturated heterocycles. The average Bonchev–Trinajstić information content (AvgIpc) is 3.08. The standard InChI is InChI=1S/C21H27FN4O4/c1-21(2,3)30-20(28)26-8-7-18(15(22)10-26)29-17-6-5-13(9-14(17)19(23)27)16-11-25(4)12-24-16/h5-6,9,11-12,15,18H,7-8,10H2,1-4H3,(H2,23,27)/t15-,18-/m0/s1. The number of rotatable bonds is 4. The molecule has 0 saturated carbocycles. The molecule has 0 aliphatic carbocycles. The van der Waals surface area contributed by atoms with E-state index in [1.807, 2.05) is 13.2 Å². The monoisotopic (exact) mass is 418 g/mol. The first-order chi connectivity index (χ1) is 14.0. The molecule has 1 aromatic heterocycles. The maximum Gasteiger partial charge on any atom is 0.410 e. The van der Waals surface area contributed by atoms with Crippen LogP contribution in [0.15, 0.2) is 30.7 Å². The third-order valence-electron chi connectivity index (χ3n) is 4.66. The number of hydrogen-bond donors (Lipinski definition) is 1. The second kappa shape index (κ2) is 8.33. The number of amides is 2. The van der Waals surface area contributed by atoms with Crippen molar-refractivity contribution in [2.24, 2.45) is 12.8 Å². The summed E-state index contributed by atoms with van der Waals surface area (Å²) in [7, 11) is 1.84. The number of nitrogens with zero attached hydrogens (tertiary/aromatic N) is 3. The minimum absolute atomic E-state index is 0.141. The van der Waals surface area contributed by atoms with Gasteiger partial charge in [0.05, 0.1) is 24.1 Å². The van der Waals surface area contributed by atoms with Crippen LogP contribution in [0, 0.1) is 0 Å². The Morgan fingerprint density at radius 1 is 1.30 bits per heavy atom. The molecule has 0 spiro atoms. The molecule has 0 bridgehead atoms. The van der Waals surface area contributed by atoms with E-state index < -0.39 is 29.9 Å². The normalized spacial score (nSPS) is 19.4. The van der Waals surface area contributed by atoms with Crippen molar-refractivity contribution < 1.29 is 23.5 Å². The van der Waals surface area contributed by atoms with E-state index >= 15 is 0 Å². The Balaban J connectivity index is 1.72. The van der Waals surface area contributed by atoms with E-state index in [1.165, 1.54) is 4.90 Å². The molecule has 1 aromatic carbocycles. The number of benzene rings is 1. The molecule has 3 rings (SSSR count). The maximum atomic E-state index is 14.8. The zero-order valence-electron chi connectivity index (χ0n) is 17.6. The number of likely N-dealkylation sites (tertiary alicyclic amines) is 1. The minimum atomic E-state index is -1.43. The third-order valence-corrected chi connectivity index (χ3v) is 4.66. The highest BCUT2D eigenvalue weighted by Gasteiger charge is 2.35. The van der Waals surface area contributed by atoms with E-state index in [1.54, 1.807) is 49.9 Å². The Bertz CT molecular complexity index is 937. The zero-order valence-corrected chi connectivity index (χ0v) is 17.6. The first-order valence-electron chi connectivity index (χ1n) is 9.74. The highest BCUT2D eigenvalue weighted by molar-refractivity contribution is 5.97. The molecule has 0 radical (unpaired) electrons. The topological polar surface area (TPSA) is 99.7 Å². The Labute approximate surface area is 174 Å². The number of aromatic nitrogens is 2. The van der Waals surface area contributed by atoms with Gasteiger partial charge in [0.1, 0.15) is 17.5 Å². The Morgan fingerprint density at radius 2 is 2.03 bits per heavy atom. The smallest absolute Gasteiger partial charge is 0.410 e. The number of alkyl halides is 1. The first-order valence-corrected chi connectivity index (χ1v) is 9.74.